The van der Waals surface area contributed by atoms with Crippen molar-refractivity contribution in [2.24, 2.45) is 0 Å². The highest BCUT2D eigenvalue weighted by Crippen LogP contribution is 2.28. The zero-order valence-corrected chi connectivity index (χ0v) is 21.9. The van der Waals surface area contributed by atoms with Gasteiger partial charge in [0, 0.05) is 31.1 Å². The molecular weight excluding hydrogens is 452 g/mol. The highest BCUT2D eigenvalue weighted by molar-refractivity contribution is 6.07. The minimum absolute atomic E-state index is 0.106. The first kappa shape index (κ1) is 25.3. The van der Waals surface area contributed by atoms with Gasteiger partial charge in [0.1, 0.15) is 0 Å². The lowest BCUT2D eigenvalue weighted by atomic mass is 10.0. The highest BCUT2D eigenvalue weighted by Gasteiger charge is 2.21. The zero-order valence-electron chi connectivity index (χ0n) is 21.9. The summed E-state index contributed by atoms with van der Waals surface area (Å²) in [5.41, 5.74) is 7.58. The first-order valence-corrected chi connectivity index (χ1v) is 12.3. The predicted octanol–water partition coefficient (Wildman–Crippen LogP) is 4.68. The first-order valence-electron chi connectivity index (χ1n) is 12.3. The van der Waals surface area contributed by atoms with Crippen LogP contribution in [-0.2, 0) is 13.0 Å². The Morgan fingerprint density at radius 1 is 1.03 bits per heavy atom. The fourth-order valence-electron chi connectivity index (χ4n) is 4.24. The van der Waals surface area contributed by atoms with Crippen molar-refractivity contribution in [2.75, 3.05) is 32.5 Å². The molecule has 0 unspecified atom stereocenters. The topological polar surface area (TPSA) is 96.2 Å². The molecule has 8 nitrogen and oxygen atoms in total. The minimum atomic E-state index is -0.106. The molecule has 4 aromatic rings. The number of rotatable bonds is 9. The average Bonchev–Trinajstić information content (AvgIpc) is 3.22. The SMILES string of the molecule is CCc1noc(CN(C)C(=O)c2cc(-c3ccc(NCCNC)c(C)n3)nc3ccc(C)cc23)c1C. The lowest BCUT2D eigenvalue weighted by Gasteiger charge is -2.18. The Bertz CT molecular complexity index is 1390. The molecular formula is C28H34N6O2. The van der Waals surface area contributed by atoms with Gasteiger partial charge in [-0.15, -0.1) is 0 Å². The first-order chi connectivity index (χ1) is 17.3. The second-order valence-corrected chi connectivity index (χ2v) is 9.13. The van der Waals surface area contributed by atoms with E-state index in [1.807, 2.05) is 71.1 Å². The van der Waals surface area contributed by atoms with Crippen molar-refractivity contribution in [3.63, 3.8) is 0 Å². The Labute approximate surface area is 212 Å². The molecule has 0 spiro atoms. The van der Waals surface area contributed by atoms with Gasteiger partial charge >= 0.3 is 0 Å². The molecule has 188 valence electrons. The van der Waals surface area contributed by atoms with Gasteiger partial charge in [0.15, 0.2) is 5.76 Å². The van der Waals surface area contributed by atoms with Crippen molar-refractivity contribution in [3.05, 3.63) is 70.2 Å². The van der Waals surface area contributed by atoms with Crippen LogP contribution in [-0.4, -0.2) is 53.1 Å². The normalized spacial score (nSPS) is 11.2. The molecule has 3 aromatic heterocycles. The van der Waals surface area contributed by atoms with Crippen LogP contribution in [0.15, 0.2) is 40.9 Å². The second-order valence-electron chi connectivity index (χ2n) is 9.13. The van der Waals surface area contributed by atoms with Crippen LogP contribution < -0.4 is 10.6 Å². The number of amides is 1. The summed E-state index contributed by atoms with van der Waals surface area (Å²) >= 11 is 0. The maximum Gasteiger partial charge on any atom is 0.254 e. The van der Waals surface area contributed by atoms with Crippen LogP contribution in [0.5, 0.6) is 0 Å². The van der Waals surface area contributed by atoms with Crippen molar-refractivity contribution in [3.8, 4) is 11.4 Å². The van der Waals surface area contributed by atoms with Crippen molar-refractivity contribution in [1.29, 1.82) is 0 Å². The van der Waals surface area contributed by atoms with E-state index in [1.165, 1.54) is 0 Å². The summed E-state index contributed by atoms with van der Waals surface area (Å²) in [5, 5.41) is 11.5. The van der Waals surface area contributed by atoms with E-state index in [0.717, 1.165) is 64.3 Å². The molecule has 1 aromatic carbocycles. The number of carbonyl (C=O) groups excluding carboxylic acids is 1. The number of anilines is 1. The Morgan fingerprint density at radius 2 is 1.83 bits per heavy atom. The standard InChI is InChI=1S/C28H34N6O2/c1-7-22-18(3)27(36-33-22)16-34(6)28(35)21-15-26(32-24-9-8-17(2)14-20(21)24)25-11-10-23(19(4)31-25)30-13-12-29-5/h8-11,14-15,29-30H,7,12-13,16H2,1-6H3. The molecule has 36 heavy (non-hydrogen) atoms. The van der Waals surface area contributed by atoms with E-state index in [1.54, 1.807) is 11.9 Å². The van der Waals surface area contributed by atoms with E-state index in [9.17, 15) is 4.79 Å². The predicted molar refractivity (Wildman–Crippen MR) is 143 cm³/mol. The Balaban J connectivity index is 1.71. The van der Waals surface area contributed by atoms with Crippen molar-refractivity contribution >= 4 is 22.5 Å². The fourth-order valence-corrected chi connectivity index (χ4v) is 4.24. The fraction of sp³-hybridized carbons (Fsp3) is 0.357. The van der Waals surface area contributed by atoms with E-state index in [0.29, 0.717) is 23.6 Å². The molecule has 3 heterocycles. The monoisotopic (exact) mass is 486 g/mol. The zero-order chi connectivity index (χ0) is 25.8. The molecule has 0 saturated carbocycles. The van der Waals surface area contributed by atoms with Crippen LogP contribution in [0, 0.1) is 20.8 Å². The average molecular weight is 487 g/mol. The summed E-state index contributed by atoms with van der Waals surface area (Å²) in [4.78, 5) is 25.0. The van der Waals surface area contributed by atoms with Gasteiger partial charge < -0.3 is 20.1 Å². The number of aromatic nitrogens is 3. The number of hydrogen-bond donors (Lipinski definition) is 2. The maximum absolute atomic E-state index is 13.7. The quantitative estimate of drug-likeness (QED) is 0.332. The number of hydrogen-bond acceptors (Lipinski definition) is 7. The maximum atomic E-state index is 13.7. The van der Waals surface area contributed by atoms with Crippen LogP contribution in [0.1, 0.15) is 45.6 Å². The van der Waals surface area contributed by atoms with E-state index in [4.69, 9.17) is 14.5 Å². The van der Waals surface area contributed by atoms with E-state index in [2.05, 4.69) is 15.8 Å². The molecule has 0 aliphatic rings. The minimum Gasteiger partial charge on any atom is -0.382 e. The molecule has 0 fully saturated rings. The molecule has 2 N–H and O–H groups in total. The van der Waals surface area contributed by atoms with Crippen molar-refractivity contribution in [1.82, 2.24) is 25.3 Å². The number of likely N-dealkylation sites (N-methyl/N-ethyl adjacent to an activating group) is 1. The van der Waals surface area contributed by atoms with E-state index in [-0.39, 0.29) is 5.91 Å². The Kier molecular flexibility index (Phi) is 7.64. The smallest absolute Gasteiger partial charge is 0.254 e. The molecule has 0 aliphatic carbocycles. The number of nitrogens with zero attached hydrogens (tertiary/aromatic N) is 4. The number of carbonyl (C=O) groups is 1. The third-order valence-electron chi connectivity index (χ3n) is 6.41. The van der Waals surface area contributed by atoms with Gasteiger partial charge in [0.2, 0.25) is 0 Å². The summed E-state index contributed by atoms with van der Waals surface area (Å²) < 4.78 is 5.53. The summed E-state index contributed by atoms with van der Waals surface area (Å²) in [6, 6.07) is 11.8. The van der Waals surface area contributed by atoms with Gasteiger partial charge in [-0.2, -0.15) is 0 Å². The van der Waals surface area contributed by atoms with Gasteiger partial charge in [-0.05, 0) is 64.6 Å². The molecule has 0 saturated heterocycles. The molecule has 4 rings (SSSR count). The second kappa shape index (κ2) is 10.9. The molecule has 0 aliphatic heterocycles. The number of benzene rings is 1. The highest BCUT2D eigenvalue weighted by atomic mass is 16.5. The largest absolute Gasteiger partial charge is 0.382 e. The van der Waals surface area contributed by atoms with Crippen LogP contribution >= 0.6 is 0 Å². The third-order valence-corrected chi connectivity index (χ3v) is 6.41. The van der Waals surface area contributed by atoms with E-state index < -0.39 is 0 Å². The van der Waals surface area contributed by atoms with Crippen LogP contribution in [0.4, 0.5) is 5.69 Å². The van der Waals surface area contributed by atoms with Gasteiger partial charge in [-0.1, -0.05) is 23.7 Å². The number of fused-ring (bicyclic) bond motifs is 1. The Morgan fingerprint density at radius 3 is 2.53 bits per heavy atom. The van der Waals surface area contributed by atoms with Gasteiger partial charge in [0.25, 0.3) is 5.91 Å². The summed E-state index contributed by atoms with van der Waals surface area (Å²) in [6.07, 6.45) is 0.793. The number of nitrogens with one attached hydrogen (secondary N) is 2. The van der Waals surface area contributed by atoms with Crippen molar-refractivity contribution in [2.45, 2.75) is 40.7 Å². The molecule has 0 bridgehead atoms. The van der Waals surface area contributed by atoms with Gasteiger partial charge in [-0.25, -0.2) is 9.97 Å². The summed E-state index contributed by atoms with van der Waals surface area (Å²) in [5.74, 6) is 0.598. The molecule has 1 amide bonds. The summed E-state index contributed by atoms with van der Waals surface area (Å²) in [7, 11) is 3.71. The lowest BCUT2D eigenvalue weighted by molar-refractivity contribution is 0.0774. The number of aryl methyl sites for hydroxylation is 3. The Hall–Kier alpha value is -3.78. The molecule has 0 radical (unpaired) electrons. The van der Waals surface area contributed by atoms with Crippen LogP contribution in [0.2, 0.25) is 0 Å². The van der Waals surface area contributed by atoms with Gasteiger partial charge in [-0.3, -0.25) is 4.79 Å². The molecule has 8 heteroatoms. The number of pyridine rings is 2. The van der Waals surface area contributed by atoms with Gasteiger partial charge in [0.05, 0.1) is 46.1 Å². The van der Waals surface area contributed by atoms with E-state index >= 15 is 0 Å². The van der Waals surface area contributed by atoms with Crippen LogP contribution in [0.25, 0.3) is 22.3 Å². The molecule has 0 atom stereocenters. The lowest BCUT2D eigenvalue weighted by Crippen LogP contribution is -2.26. The van der Waals surface area contributed by atoms with Crippen molar-refractivity contribution < 1.29 is 9.32 Å². The third kappa shape index (κ3) is 5.23. The van der Waals surface area contributed by atoms with Crippen LogP contribution in [0.3, 0.4) is 0 Å². The summed E-state index contributed by atoms with van der Waals surface area (Å²) in [6.45, 7) is 10.0.